The minimum atomic E-state index is -6.38. The van der Waals surface area contributed by atoms with E-state index in [2.05, 4.69) is 25.9 Å². The van der Waals surface area contributed by atoms with E-state index in [1.807, 2.05) is 0 Å². The van der Waals surface area contributed by atoms with Gasteiger partial charge in [-0.25, -0.2) is 33.6 Å². The van der Waals surface area contributed by atoms with Crippen LogP contribution in [-0.2, 0) is 80.7 Å². The number of esters is 4. The van der Waals surface area contributed by atoms with E-state index in [0.717, 1.165) is 36.7 Å². The molecule has 5 atom stereocenters. The Kier molecular flexibility index (Phi) is 26.4. The third-order valence-electron chi connectivity index (χ3n) is 12.1. The SMILES string of the molecule is CC(C)[C@H](NC(=O)OCc1ccccc1)C(=O)OCCC(OC(=O)c1ccc(=O)[nH]c1)OP(=O)(OC(CCOC(=O)[C@@H](NC(=O)OCc1ccccc1)C(C)C)OC(=O)c1ccc(=O)[nH]c1)C(O)(CCCNC(=O)OCc1ccccc1)P(=O)(O)O. The predicted octanol–water partition coefficient (Wildman–Crippen LogP) is 6.25. The number of hydrogen-bond donors (Lipinski definition) is 8. The first-order valence-electron chi connectivity index (χ1n) is 26.6. The van der Waals surface area contributed by atoms with Crippen LogP contribution in [0.1, 0.15) is 90.8 Å². The van der Waals surface area contributed by atoms with Crippen LogP contribution in [0, 0.1) is 11.8 Å². The molecule has 8 N–H and O–H groups in total. The van der Waals surface area contributed by atoms with E-state index >= 15 is 4.57 Å². The number of aliphatic hydroxyl groups is 1. The average molecular weight is 1240 g/mol. The fraction of sp³-hybridized carbons (Fsp3) is 0.375. The summed E-state index contributed by atoms with van der Waals surface area (Å²) in [4.78, 5) is 144. The van der Waals surface area contributed by atoms with E-state index in [1.165, 1.54) is 0 Å². The highest BCUT2D eigenvalue weighted by molar-refractivity contribution is 7.73. The number of rotatable bonds is 32. The molecule has 3 amide bonds. The molecular formula is C56H67N5O23P2. The number of carbonyl (C=O) groups is 7. The number of aromatic amines is 2. The summed E-state index contributed by atoms with van der Waals surface area (Å²) < 4.78 is 78.7. The number of H-pyrrole nitrogens is 2. The summed E-state index contributed by atoms with van der Waals surface area (Å²) in [5, 5.41) is 15.4. The van der Waals surface area contributed by atoms with E-state index in [9.17, 15) is 62.6 Å². The zero-order valence-electron chi connectivity index (χ0n) is 47.1. The molecule has 0 saturated heterocycles. The second kappa shape index (κ2) is 33.3. The first-order valence-corrected chi connectivity index (χ1v) is 29.8. The molecule has 0 aliphatic heterocycles. The number of hydrogen-bond acceptors (Lipinski definition) is 21. The number of carbonyl (C=O) groups excluding carboxylic acids is 7. The van der Waals surface area contributed by atoms with Gasteiger partial charge in [0.1, 0.15) is 31.9 Å². The van der Waals surface area contributed by atoms with Crippen molar-refractivity contribution in [1.29, 1.82) is 0 Å². The van der Waals surface area contributed by atoms with Gasteiger partial charge in [0, 0.05) is 50.3 Å². The molecule has 28 nitrogen and oxygen atoms in total. The van der Waals surface area contributed by atoms with Crippen LogP contribution in [-0.4, -0.2) is 117 Å². The number of benzene rings is 3. The van der Waals surface area contributed by atoms with Gasteiger partial charge < -0.3 is 74.0 Å². The number of amides is 3. The van der Waals surface area contributed by atoms with E-state index in [4.69, 9.17) is 42.2 Å². The highest BCUT2D eigenvalue weighted by atomic mass is 31.2. The number of nitrogens with one attached hydrogen (secondary N) is 5. The molecule has 0 fully saturated rings. The molecule has 3 unspecified atom stereocenters. The third kappa shape index (κ3) is 21.9. The lowest BCUT2D eigenvalue weighted by molar-refractivity contribution is -0.150. The summed E-state index contributed by atoms with van der Waals surface area (Å²) in [7, 11) is -12.7. The van der Waals surface area contributed by atoms with Gasteiger partial charge in [0.05, 0.1) is 24.3 Å². The molecule has 0 saturated carbocycles. The number of alkyl carbamates (subject to hydrolysis) is 3. The maximum Gasteiger partial charge on any atom is 0.408 e. The summed E-state index contributed by atoms with van der Waals surface area (Å²) in [6, 6.07) is 26.5. The Morgan fingerprint density at radius 2 is 0.907 bits per heavy atom. The lowest BCUT2D eigenvalue weighted by Crippen LogP contribution is -2.45. The van der Waals surface area contributed by atoms with Gasteiger partial charge in [-0.05, 0) is 47.1 Å². The Hall–Kier alpha value is -8.49. The quantitative estimate of drug-likeness (QED) is 0.00774. The lowest BCUT2D eigenvalue weighted by atomic mass is 10.1. The Morgan fingerprint density at radius 3 is 1.24 bits per heavy atom. The Labute approximate surface area is 492 Å². The van der Waals surface area contributed by atoms with Crippen molar-refractivity contribution in [2.45, 2.75) is 103 Å². The molecule has 86 heavy (non-hydrogen) atoms. The molecule has 3 aromatic carbocycles. The molecule has 5 aromatic rings. The summed E-state index contributed by atoms with van der Waals surface area (Å²) in [5.74, 6) is -6.32. The van der Waals surface area contributed by atoms with Gasteiger partial charge in [-0.15, -0.1) is 0 Å². The van der Waals surface area contributed by atoms with Crippen LogP contribution in [0.3, 0.4) is 0 Å². The summed E-state index contributed by atoms with van der Waals surface area (Å²) >= 11 is 0. The van der Waals surface area contributed by atoms with Crippen LogP contribution in [0.2, 0.25) is 0 Å². The average Bonchev–Trinajstić information content (AvgIpc) is 0.920. The van der Waals surface area contributed by atoms with E-state index in [-0.39, 0.29) is 19.8 Å². The van der Waals surface area contributed by atoms with Crippen LogP contribution in [0.15, 0.2) is 137 Å². The van der Waals surface area contributed by atoms with Gasteiger partial charge in [-0.3, -0.25) is 27.8 Å². The van der Waals surface area contributed by atoms with Gasteiger partial charge in [0.15, 0.2) is 0 Å². The smallest absolute Gasteiger partial charge is 0.408 e. The van der Waals surface area contributed by atoms with E-state index < -0.39 is 167 Å². The van der Waals surface area contributed by atoms with Crippen molar-refractivity contribution in [3.63, 3.8) is 0 Å². The van der Waals surface area contributed by atoms with E-state index in [0.29, 0.717) is 16.7 Å². The van der Waals surface area contributed by atoms with Crippen LogP contribution >= 0.6 is 15.2 Å². The van der Waals surface area contributed by atoms with Gasteiger partial charge in [0.2, 0.25) is 23.7 Å². The van der Waals surface area contributed by atoms with Gasteiger partial charge in [-0.1, -0.05) is 119 Å². The normalized spacial score (nSPS) is 14.1. The molecular weight excluding hydrogens is 1170 g/mol. The maximum atomic E-state index is 15.9. The molecule has 5 rings (SSSR count). The standard InChI is InChI=1S/C56H67N5O23P2/c1-36(2)47(60-54(69)79-34-39-17-10-6-11-18-39)51(66)76-29-25-45(81-49(64)41-21-23-43(62)58-31-41)83-86(75,56(71,85(72,73)74)27-14-28-57-53(68)78-33-38-15-8-5-9-16-38)84-46(82-50(65)42-22-24-44(63)59-32-42)26-30-77-52(67)48(37(3)4)61-55(70)80-35-40-19-12-7-13-20-40/h5-13,15-24,31-32,36-37,45-48,71H,14,25-30,33-35H2,1-4H3,(H,57,68)(H,58,62)(H,59,63)(H,60,69)(H,61,70)(H2,72,73,74)/t45?,46?,47-,48-,56?,86?/m0/s1. The first kappa shape index (κ1) is 68.3. The van der Waals surface area contributed by atoms with Crippen molar-refractivity contribution in [2.24, 2.45) is 11.8 Å². The monoisotopic (exact) mass is 1240 g/mol. The van der Waals surface area contributed by atoms with Gasteiger partial charge in [-0.2, -0.15) is 0 Å². The molecule has 30 heteroatoms. The van der Waals surface area contributed by atoms with Crippen molar-refractivity contribution in [3.05, 3.63) is 176 Å². The van der Waals surface area contributed by atoms with Crippen molar-refractivity contribution in [3.8, 4) is 0 Å². The zero-order chi connectivity index (χ0) is 62.9. The van der Waals surface area contributed by atoms with Gasteiger partial charge >= 0.3 is 57.3 Å². The zero-order valence-corrected chi connectivity index (χ0v) is 48.8. The number of aromatic nitrogens is 2. The predicted molar refractivity (Wildman–Crippen MR) is 301 cm³/mol. The summed E-state index contributed by atoms with van der Waals surface area (Å²) in [6.45, 7) is 3.32. The molecule has 0 spiro atoms. The molecule has 0 radical (unpaired) electrons. The fourth-order valence-corrected chi connectivity index (χ4v) is 11.2. The maximum absolute atomic E-state index is 15.9. The van der Waals surface area contributed by atoms with Crippen molar-refractivity contribution in [1.82, 2.24) is 25.9 Å². The summed E-state index contributed by atoms with van der Waals surface area (Å²) in [6.07, 6.45) is -10.1. The Morgan fingerprint density at radius 1 is 0.535 bits per heavy atom. The molecule has 2 aromatic heterocycles. The van der Waals surface area contributed by atoms with Crippen LogP contribution in [0.5, 0.6) is 0 Å². The largest absolute Gasteiger partial charge is 0.464 e. The van der Waals surface area contributed by atoms with Crippen molar-refractivity contribution < 1.29 is 99.8 Å². The minimum absolute atomic E-state index is 0.171. The van der Waals surface area contributed by atoms with E-state index in [1.54, 1.807) is 119 Å². The topological polar surface area (TPSA) is 399 Å². The highest BCUT2D eigenvalue weighted by Crippen LogP contribution is 2.75. The fourth-order valence-electron chi connectivity index (χ4n) is 7.42. The van der Waals surface area contributed by atoms with Crippen LogP contribution in [0.25, 0.3) is 0 Å². The van der Waals surface area contributed by atoms with Crippen LogP contribution in [0.4, 0.5) is 14.4 Å². The molecule has 0 aliphatic carbocycles. The number of pyridine rings is 2. The van der Waals surface area contributed by atoms with Crippen molar-refractivity contribution in [2.75, 3.05) is 19.8 Å². The first-order chi connectivity index (χ1) is 40.9. The van der Waals surface area contributed by atoms with Gasteiger partial charge in [0.25, 0.3) is 5.08 Å². The number of ether oxygens (including phenoxy) is 7. The molecule has 2 heterocycles. The minimum Gasteiger partial charge on any atom is -0.464 e. The molecule has 0 bridgehead atoms. The third-order valence-corrected chi connectivity index (χ3v) is 16.9. The molecule has 464 valence electrons. The van der Waals surface area contributed by atoms with Crippen molar-refractivity contribution >= 4 is 57.3 Å². The Bertz CT molecular complexity index is 3070. The van der Waals surface area contributed by atoms with Crippen LogP contribution < -0.4 is 27.1 Å². The second-order valence-electron chi connectivity index (χ2n) is 19.4. The summed E-state index contributed by atoms with van der Waals surface area (Å²) in [5.41, 5.74) is -0.320. The Balaban J connectivity index is 1.49. The lowest BCUT2D eigenvalue weighted by Gasteiger charge is -2.37. The molecule has 0 aliphatic rings. The second-order valence-corrected chi connectivity index (χ2v) is 23.8. The highest BCUT2D eigenvalue weighted by Gasteiger charge is 2.64.